The third-order valence-corrected chi connectivity index (χ3v) is 2.33. The molecule has 0 saturated heterocycles. The minimum absolute atomic E-state index is 0.198. The summed E-state index contributed by atoms with van der Waals surface area (Å²) in [6.07, 6.45) is 0. The van der Waals surface area contributed by atoms with Gasteiger partial charge in [-0.2, -0.15) is 5.26 Å². The van der Waals surface area contributed by atoms with Crippen LogP contribution in [-0.2, 0) is 0 Å². The molecule has 0 fully saturated rings. The number of para-hydroxylation sites is 1. The number of hydrogen-bond donors (Lipinski definition) is 1. The number of rotatable bonds is 2. The van der Waals surface area contributed by atoms with Crippen LogP contribution < -0.4 is 10.6 Å². The molecule has 86 valence electrons. The van der Waals surface area contributed by atoms with Crippen LogP contribution in [0.3, 0.4) is 0 Å². The van der Waals surface area contributed by atoms with E-state index in [0.717, 1.165) is 12.2 Å². The molecule has 1 aromatic carbocycles. The summed E-state index contributed by atoms with van der Waals surface area (Å²) in [7, 11) is 2.00. The van der Waals surface area contributed by atoms with E-state index in [0.29, 0.717) is 11.3 Å². The molecule has 0 atom stereocenters. The molecule has 0 amide bonds. The van der Waals surface area contributed by atoms with Crippen molar-refractivity contribution in [1.29, 1.82) is 5.26 Å². The molecule has 2 N–H and O–H groups in total. The van der Waals surface area contributed by atoms with Gasteiger partial charge in [-0.05, 0) is 17.5 Å². The van der Waals surface area contributed by atoms with Gasteiger partial charge in [-0.3, -0.25) is 0 Å². The standard InChI is InChI=1S/C13H19N3/c1-13(2,3)9-16(4)11-7-5-6-10(8-14)12(11)15/h5-7H,9,15H2,1-4H3. The number of nitriles is 1. The lowest BCUT2D eigenvalue weighted by Gasteiger charge is -2.29. The summed E-state index contributed by atoms with van der Waals surface area (Å²) in [6, 6.07) is 7.65. The zero-order chi connectivity index (χ0) is 12.3. The normalized spacial score (nSPS) is 10.9. The lowest BCUT2D eigenvalue weighted by Crippen LogP contribution is -2.29. The van der Waals surface area contributed by atoms with Gasteiger partial charge in [0.15, 0.2) is 0 Å². The van der Waals surface area contributed by atoms with Crippen molar-refractivity contribution in [3.63, 3.8) is 0 Å². The molecular weight excluding hydrogens is 198 g/mol. The van der Waals surface area contributed by atoms with Crippen molar-refractivity contribution < 1.29 is 0 Å². The maximum atomic E-state index is 8.91. The third kappa shape index (κ3) is 2.90. The summed E-state index contributed by atoms with van der Waals surface area (Å²) in [4.78, 5) is 2.09. The average molecular weight is 217 g/mol. The molecule has 0 aliphatic rings. The first-order valence-corrected chi connectivity index (χ1v) is 5.35. The van der Waals surface area contributed by atoms with E-state index < -0.39 is 0 Å². The maximum Gasteiger partial charge on any atom is 0.101 e. The fraction of sp³-hybridized carbons (Fsp3) is 0.462. The molecule has 3 heteroatoms. The lowest BCUT2D eigenvalue weighted by molar-refractivity contribution is 0.419. The van der Waals surface area contributed by atoms with Crippen LogP contribution in [0.5, 0.6) is 0 Å². The van der Waals surface area contributed by atoms with Gasteiger partial charge < -0.3 is 10.6 Å². The minimum atomic E-state index is 0.198. The first-order chi connectivity index (χ1) is 7.35. The number of nitrogens with two attached hydrogens (primary N) is 1. The summed E-state index contributed by atoms with van der Waals surface area (Å²) < 4.78 is 0. The van der Waals surface area contributed by atoms with Gasteiger partial charge in [-0.1, -0.05) is 26.8 Å². The van der Waals surface area contributed by atoms with Crippen LogP contribution in [0.15, 0.2) is 18.2 Å². The van der Waals surface area contributed by atoms with E-state index in [1.54, 1.807) is 6.07 Å². The quantitative estimate of drug-likeness (QED) is 0.775. The van der Waals surface area contributed by atoms with Crippen LogP contribution >= 0.6 is 0 Å². The predicted molar refractivity (Wildman–Crippen MR) is 68.3 cm³/mol. The van der Waals surface area contributed by atoms with Crippen molar-refractivity contribution in [2.75, 3.05) is 24.2 Å². The highest BCUT2D eigenvalue weighted by Crippen LogP contribution is 2.27. The van der Waals surface area contributed by atoms with Gasteiger partial charge in [-0.15, -0.1) is 0 Å². The second-order valence-corrected chi connectivity index (χ2v) is 5.27. The lowest BCUT2D eigenvalue weighted by atomic mass is 9.96. The molecule has 0 heterocycles. The van der Waals surface area contributed by atoms with E-state index in [-0.39, 0.29) is 5.41 Å². The van der Waals surface area contributed by atoms with E-state index in [9.17, 15) is 0 Å². The van der Waals surface area contributed by atoms with Gasteiger partial charge in [0.05, 0.1) is 16.9 Å². The number of nitrogen functional groups attached to an aromatic ring is 1. The molecule has 0 saturated carbocycles. The molecule has 16 heavy (non-hydrogen) atoms. The van der Waals surface area contributed by atoms with Gasteiger partial charge in [0, 0.05) is 13.6 Å². The topological polar surface area (TPSA) is 53.0 Å². The monoisotopic (exact) mass is 217 g/mol. The Morgan fingerprint density at radius 2 is 2.00 bits per heavy atom. The van der Waals surface area contributed by atoms with E-state index >= 15 is 0 Å². The molecule has 0 bridgehead atoms. The zero-order valence-electron chi connectivity index (χ0n) is 10.4. The number of anilines is 2. The Morgan fingerprint density at radius 1 is 1.38 bits per heavy atom. The van der Waals surface area contributed by atoms with Crippen molar-refractivity contribution >= 4 is 11.4 Å². The highest BCUT2D eigenvalue weighted by molar-refractivity contribution is 5.73. The fourth-order valence-corrected chi connectivity index (χ4v) is 1.78. The van der Waals surface area contributed by atoms with Crippen molar-refractivity contribution in [3.05, 3.63) is 23.8 Å². The highest BCUT2D eigenvalue weighted by atomic mass is 15.1. The van der Waals surface area contributed by atoms with Crippen LogP contribution in [0.25, 0.3) is 0 Å². The molecular formula is C13H19N3. The first-order valence-electron chi connectivity index (χ1n) is 5.35. The Bertz CT molecular complexity index is 410. The zero-order valence-corrected chi connectivity index (χ0v) is 10.4. The van der Waals surface area contributed by atoms with Gasteiger partial charge in [0.2, 0.25) is 0 Å². The Kier molecular flexibility index (Phi) is 3.44. The van der Waals surface area contributed by atoms with E-state index in [4.69, 9.17) is 11.0 Å². The summed E-state index contributed by atoms with van der Waals surface area (Å²) in [5, 5.41) is 8.91. The first kappa shape index (κ1) is 12.4. The van der Waals surface area contributed by atoms with Gasteiger partial charge in [0.25, 0.3) is 0 Å². The predicted octanol–water partition coefficient (Wildman–Crippen LogP) is 2.62. The molecule has 0 spiro atoms. The van der Waals surface area contributed by atoms with E-state index in [2.05, 4.69) is 31.7 Å². The number of benzene rings is 1. The molecule has 0 aromatic heterocycles. The average Bonchev–Trinajstić information content (AvgIpc) is 2.15. The summed E-state index contributed by atoms with van der Waals surface area (Å²) in [5.74, 6) is 0. The summed E-state index contributed by atoms with van der Waals surface area (Å²) >= 11 is 0. The molecule has 0 aliphatic heterocycles. The Hall–Kier alpha value is -1.69. The second-order valence-electron chi connectivity index (χ2n) is 5.27. The van der Waals surface area contributed by atoms with Gasteiger partial charge in [-0.25, -0.2) is 0 Å². The van der Waals surface area contributed by atoms with E-state index in [1.165, 1.54) is 0 Å². The SMILES string of the molecule is CN(CC(C)(C)C)c1cccc(C#N)c1N. The van der Waals surface area contributed by atoms with Crippen LogP contribution in [0, 0.1) is 16.7 Å². The Balaban J connectivity index is 3.01. The van der Waals surface area contributed by atoms with Crippen LogP contribution in [0.2, 0.25) is 0 Å². The van der Waals surface area contributed by atoms with Crippen LogP contribution in [-0.4, -0.2) is 13.6 Å². The molecule has 1 rings (SSSR count). The largest absolute Gasteiger partial charge is 0.396 e. The molecule has 1 aromatic rings. The summed E-state index contributed by atoms with van der Waals surface area (Å²) in [6.45, 7) is 7.42. The van der Waals surface area contributed by atoms with Crippen molar-refractivity contribution in [2.24, 2.45) is 5.41 Å². The fourth-order valence-electron chi connectivity index (χ4n) is 1.78. The van der Waals surface area contributed by atoms with Crippen molar-refractivity contribution in [2.45, 2.75) is 20.8 Å². The third-order valence-electron chi connectivity index (χ3n) is 2.33. The van der Waals surface area contributed by atoms with Crippen molar-refractivity contribution in [3.8, 4) is 6.07 Å². The van der Waals surface area contributed by atoms with E-state index in [1.807, 2.05) is 19.2 Å². The maximum absolute atomic E-state index is 8.91. The number of hydrogen-bond acceptors (Lipinski definition) is 3. The van der Waals surface area contributed by atoms with Gasteiger partial charge in [0.1, 0.15) is 6.07 Å². The smallest absolute Gasteiger partial charge is 0.101 e. The van der Waals surface area contributed by atoms with Gasteiger partial charge >= 0.3 is 0 Å². The molecule has 0 aliphatic carbocycles. The highest BCUT2D eigenvalue weighted by Gasteiger charge is 2.16. The Labute approximate surface area is 97.5 Å². The molecule has 0 radical (unpaired) electrons. The molecule has 3 nitrogen and oxygen atoms in total. The molecule has 0 unspecified atom stereocenters. The minimum Gasteiger partial charge on any atom is -0.396 e. The van der Waals surface area contributed by atoms with Crippen LogP contribution in [0.1, 0.15) is 26.3 Å². The second kappa shape index (κ2) is 4.44. The number of nitrogens with zero attached hydrogens (tertiary/aromatic N) is 2. The van der Waals surface area contributed by atoms with Crippen molar-refractivity contribution in [1.82, 2.24) is 0 Å². The Morgan fingerprint density at radius 3 is 2.50 bits per heavy atom. The van der Waals surface area contributed by atoms with Crippen LogP contribution in [0.4, 0.5) is 11.4 Å². The summed E-state index contributed by atoms with van der Waals surface area (Å²) in [5.41, 5.74) is 8.18.